The molecule has 0 bridgehead atoms. The second-order valence-corrected chi connectivity index (χ2v) is 7.70. The molecule has 3 aromatic rings. The highest BCUT2D eigenvalue weighted by Crippen LogP contribution is 2.40. The van der Waals surface area contributed by atoms with Crippen LogP contribution in [-0.4, -0.2) is 21.7 Å². The van der Waals surface area contributed by atoms with E-state index in [4.69, 9.17) is 11.6 Å². The molecule has 2 heterocycles. The summed E-state index contributed by atoms with van der Waals surface area (Å²) in [6, 6.07) is 20.1. The third kappa shape index (κ3) is 3.72. The van der Waals surface area contributed by atoms with Crippen LogP contribution in [0, 0.1) is 0 Å². The number of hydrogen-bond acceptors (Lipinski definition) is 4. The number of aromatic nitrogens is 1. The Morgan fingerprint density at radius 2 is 1.54 bits per heavy atom. The molecule has 0 spiro atoms. The van der Waals surface area contributed by atoms with Crippen LogP contribution < -0.4 is 0 Å². The van der Waals surface area contributed by atoms with E-state index in [1.54, 1.807) is 48.8 Å². The van der Waals surface area contributed by atoms with E-state index in [-0.39, 0.29) is 18.4 Å². The molecule has 4 nitrogen and oxygen atoms in total. The van der Waals surface area contributed by atoms with E-state index in [2.05, 4.69) is 4.98 Å². The van der Waals surface area contributed by atoms with Crippen molar-refractivity contribution in [2.75, 3.05) is 0 Å². The smallest absolute Gasteiger partial charge is 0.268 e. The van der Waals surface area contributed by atoms with Gasteiger partial charge in [0.25, 0.3) is 11.8 Å². The Bertz CT molecular complexity index is 1050. The van der Waals surface area contributed by atoms with E-state index in [9.17, 15) is 9.59 Å². The summed E-state index contributed by atoms with van der Waals surface area (Å²) >= 11 is 7.30. The zero-order chi connectivity index (χ0) is 19.5. The molecule has 0 unspecified atom stereocenters. The summed E-state index contributed by atoms with van der Waals surface area (Å²) in [5, 5.41) is 0.576. The Hall–Kier alpha value is -2.89. The minimum absolute atomic E-state index is 0.204. The van der Waals surface area contributed by atoms with Crippen LogP contribution >= 0.6 is 23.4 Å². The van der Waals surface area contributed by atoms with Crippen molar-refractivity contribution in [3.8, 4) is 0 Å². The summed E-state index contributed by atoms with van der Waals surface area (Å²) in [6.07, 6.45) is 3.29. The summed E-state index contributed by atoms with van der Waals surface area (Å²) in [5.41, 5.74) is 1.93. The summed E-state index contributed by atoms with van der Waals surface area (Å²) in [5.74, 6) is -0.594. The van der Waals surface area contributed by atoms with E-state index in [0.29, 0.717) is 21.1 Å². The number of thioether (sulfide) groups is 1. The normalized spacial score (nSPS) is 14.1. The van der Waals surface area contributed by atoms with Crippen LogP contribution in [-0.2, 0) is 16.1 Å². The molecule has 1 aliphatic rings. The van der Waals surface area contributed by atoms with Gasteiger partial charge in [-0.05, 0) is 47.5 Å². The second kappa shape index (κ2) is 8.00. The molecule has 0 fully saturated rings. The van der Waals surface area contributed by atoms with Gasteiger partial charge in [0.2, 0.25) is 0 Å². The minimum Gasteiger partial charge on any atom is -0.269 e. The SMILES string of the molecule is O=C1C(Sc2ccccc2)=C(c2ccc(Cl)cc2)C(=O)N1Cc1ccncc1. The number of rotatable bonds is 5. The predicted molar refractivity (Wildman–Crippen MR) is 110 cm³/mol. The number of pyridine rings is 1. The van der Waals surface area contributed by atoms with Gasteiger partial charge in [0.1, 0.15) is 0 Å². The summed E-state index contributed by atoms with van der Waals surface area (Å²) < 4.78 is 0. The molecule has 0 saturated carbocycles. The standard InChI is InChI=1S/C22H15ClN2O2S/c23-17-8-6-16(7-9-17)19-20(28-18-4-2-1-3-5-18)22(27)25(21(19)26)14-15-10-12-24-13-11-15/h1-13H,14H2. The van der Waals surface area contributed by atoms with Gasteiger partial charge in [-0.25, -0.2) is 0 Å². The van der Waals surface area contributed by atoms with Crippen molar-refractivity contribution in [3.63, 3.8) is 0 Å². The van der Waals surface area contributed by atoms with Crippen LogP contribution in [0.15, 0.2) is 88.9 Å². The van der Waals surface area contributed by atoms with Gasteiger partial charge in [0, 0.05) is 22.3 Å². The fourth-order valence-electron chi connectivity index (χ4n) is 2.94. The minimum atomic E-state index is -0.303. The monoisotopic (exact) mass is 406 g/mol. The van der Waals surface area contributed by atoms with Crippen LogP contribution in [0.3, 0.4) is 0 Å². The molecule has 4 rings (SSSR count). The Balaban J connectivity index is 1.74. The third-order valence-corrected chi connectivity index (χ3v) is 5.65. The Labute approximate surface area is 171 Å². The molecule has 2 aromatic carbocycles. The second-order valence-electron chi connectivity index (χ2n) is 6.18. The zero-order valence-corrected chi connectivity index (χ0v) is 16.3. The van der Waals surface area contributed by atoms with Gasteiger partial charge in [-0.2, -0.15) is 0 Å². The number of imide groups is 1. The average molecular weight is 407 g/mol. The lowest BCUT2D eigenvalue weighted by Gasteiger charge is -2.15. The van der Waals surface area contributed by atoms with E-state index >= 15 is 0 Å². The molecule has 1 aliphatic heterocycles. The molecule has 0 N–H and O–H groups in total. The summed E-state index contributed by atoms with van der Waals surface area (Å²) in [7, 11) is 0. The summed E-state index contributed by atoms with van der Waals surface area (Å²) in [4.78, 5) is 32.9. The van der Waals surface area contributed by atoms with E-state index in [0.717, 1.165) is 10.5 Å². The number of amides is 2. The molecule has 1 aromatic heterocycles. The van der Waals surface area contributed by atoms with Gasteiger partial charge in [-0.3, -0.25) is 19.5 Å². The molecule has 0 saturated heterocycles. The third-order valence-electron chi connectivity index (χ3n) is 4.31. The Morgan fingerprint density at radius 3 is 2.21 bits per heavy atom. The molecule has 28 heavy (non-hydrogen) atoms. The molecule has 0 atom stereocenters. The van der Waals surface area contributed by atoms with Gasteiger partial charge >= 0.3 is 0 Å². The maximum Gasteiger partial charge on any atom is 0.268 e. The first-order valence-corrected chi connectivity index (χ1v) is 9.81. The fourth-order valence-corrected chi connectivity index (χ4v) is 4.10. The van der Waals surface area contributed by atoms with Gasteiger partial charge in [-0.15, -0.1) is 0 Å². The lowest BCUT2D eigenvalue weighted by Crippen LogP contribution is -2.30. The van der Waals surface area contributed by atoms with Crippen molar-refractivity contribution in [1.29, 1.82) is 0 Å². The number of nitrogens with zero attached hydrogens (tertiary/aromatic N) is 2. The van der Waals surface area contributed by atoms with Crippen LogP contribution in [0.5, 0.6) is 0 Å². The highest BCUT2D eigenvalue weighted by atomic mass is 35.5. The topological polar surface area (TPSA) is 50.3 Å². The molecule has 0 radical (unpaired) electrons. The molecular weight excluding hydrogens is 392 g/mol. The van der Waals surface area contributed by atoms with Crippen LogP contribution in [0.2, 0.25) is 5.02 Å². The van der Waals surface area contributed by atoms with E-state index < -0.39 is 0 Å². The first-order chi connectivity index (χ1) is 13.6. The Kier molecular flexibility index (Phi) is 5.28. The lowest BCUT2D eigenvalue weighted by atomic mass is 10.1. The summed E-state index contributed by atoms with van der Waals surface area (Å²) in [6.45, 7) is 0.204. The first-order valence-electron chi connectivity index (χ1n) is 8.61. The van der Waals surface area contributed by atoms with Gasteiger partial charge in [-0.1, -0.05) is 53.7 Å². The lowest BCUT2D eigenvalue weighted by molar-refractivity contribution is -0.137. The van der Waals surface area contributed by atoms with Crippen LogP contribution in [0.4, 0.5) is 0 Å². The molecule has 6 heteroatoms. The van der Waals surface area contributed by atoms with Crippen LogP contribution in [0.25, 0.3) is 5.57 Å². The van der Waals surface area contributed by atoms with Gasteiger partial charge < -0.3 is 0 Å². The van der Waals surface area contributed by atoms with E-state index in [1.165, 1.54) is 16.7 Å². The number of benzene rings is 2. The maximum absolute atomic E-state index is 13.2. The number of halogens is 1. The van der Waals surface area contributed by atoms with Gasteiger partial charge in [0.15, 0.2) is 0 Å². The van der Waals surface area contributed by atoms with E-state index in [1.807, 2.05) is 30.3 Å². The number of carbonyl (C=O) groups excluding carboxylic acids is 2. The van der Waals surface area contributed by atoms with Crippen molar-refractivity contribution in [2.45, 2.75) is 11.4 Å². The molecule has 0 aliphatic carbocycles. The molecule has 138 valence electrons. The van der Waals surface area contributed by atoms with Crippen molar-refractivity contribution in [1.82, 2.24) is 9.88 Å². The first kappa shape index (κ1) is 18.5. The van der Waals surface area contributed by atoms with Gasteiger partial charge in [0.05, 0.1) is 17.0 Å². The van der Waals surface area contributed by atoms with Crippen molar-refractivity contribution in [3.05, 3.63) is 100 Å². The maximum atomic E-state index is 13.2. The quantitative estimate of drug-likeness (QED) is 0.571. The number of carbonyl (C=O) groups is 2. The van der Waals surface area contributed by atoms with Crippen molar-refractivity contribution >= 4 is 40.8 Å². The zero-order valence-electron chi connectivity index (χ0n) is 14.7. The predicted octanol–water partition coefficient (Wildman–Crippen LogP) is 4.81. The molecule has 2 amide bonds. The Morgan fingerprint density at radius 1 is 0.857 bits per heavy atom. The van der Waals surface area contributed by atoms with Crippen LogP contribution in [0.1, 0.15) is 11.1 Å². The largest absolute Gasteiger partial charge is 0.269 e. The van der Waals surface area contributed by atoms with Crippen molar-refractivity contribution < 1.29 is 9.59 Å². The number of hydrogen-bond donors (Lipinski definition) is 0. The highest BCUT2D eigenvalue weighted by Gasteiger charge is 2.39. The van der Waals surface area contributed by atoms with Crippen molar-refractivity contribution in [2.24, 2.45) is 0 Å². The fraction of sp³-hybridized carbons (Fsp3) is 0.0455. The highest BCUT2D eigenvalue weighted by molar-refractivity contribution is 8.04. The average Bonchev–Trinajstić information content (AvgIpc) is 2.95. The molecular formula is C22H15ClN2O2S.